The first-order valence-corrected chi connectivity index (χ1v) is 33.1. The molecule has 14 rings (SSSR count). The van der Waals surface area contributed by atoms with E-state index in [-0.39, 0.29) is 55.4 Å². The average molecular weight is 1130 g/mol. The van der Waals surface area contributed by atoms with Crippen LogP contribution in [0.3, 0.4) is 0 Å². The molecule has 4 heteroatoms. The molecular formula is C80H93BN2S. The minimum atomic E-state index is -0.0218. The minimum absolute atomic E-state index is 0.00893. The first kappa shape index (κ1) is 56.0. The van der Waals surface area contributed by atoms with Gasteiger partial charge in [-0.2, -0.15) is 0 Å². The zero-order valence-corrected chi connectivity index (χ0v) is 55.4. The largest absolute Gasteiger partial charge is 0.311 e. The van der Waals surface area contributed by atoms with Crippen LogP contribution in [0.4, 0.5) is 33.4 Å². The SMILES string of the molecule is CC(C)(C)c1ccc2sc3c(c2c1)B1c2cc4c(cc2N(c2ccc5c(c2)C(C)(C)CCC5(C)C)c2cc(-c5cc6c(cc5-c5ccccc5)C(C)(C)CCC6(C)C)cc(c21)N3c1ccc2c(c1)C(C)(C)CCC2(C)C)C(C)(C)CCC4(C)C. The molecule has 0 N–H and O–H groups in total. The topological polar surface area (TPSA) is 6.48 Å². The van der Waals surface area contributed by atoms with Crippen molar-refractivity contribution in [2.75, 3.05) is 9.80 Å². The van der Waals surface area contributed by atoms with Crippen molar-refractivity contribution in [1.82, 2.24) is 0 Å². The summed E-state index contributed by atoms with van der Waals surface area (Å²) in [6.45, 7) is 47.2. The van der Waals surface area contributed by atoms with E-state index in [9.17, 15) is 0 Å². The third-order valence-electron chi connectivity index (χ3n) is 23.1. The molecule has 0 fully saturated rings. The van der Waals surface area contributed by atoms with Crippen molar-refractivity contribution in [3.05, 3.63) is 171 Å². The fourth-order valence-corrected chi connectivity index (χ4v) is 18.1. The Morgan fingerprint density at radius 2 is 0.786 bits per heavy atom. The molecular weight excluding hydrogens is 1030 g/mol. The fraction of sp³-hybridized carbons (Fsp3) is 0.450. The predicted molar refractivity (Wildman–Crippen MR) is 367 cm³/mol. The van der Waals surface area contributed by atoms with Crippen LogP contribution in [-0.2, 0) is 48.7 Å². The van der Waals surface area contributed by atoms with Crippen molar-refractivity contribution < 1.29 is 0 Å². The molecule has 84 heavy (non-hydrogen) atoms. The van der Waals surface area contributed by atoms with Gasteiger partial charge in [0, 0.05) is 33.1 Å². The smallest absolute Gasteiger partial charge is 0.254 e. The van der Waals surface area contributed by atoms with E-state index in [4.69, 9.17) is 0 Å². The summed E-state index contributed by atoms with van der Waals surface area (Å²) in [5, 5.41) is 2.76. The van der Waals surface area contributed by atoms with Crippen LogP contribution in [0.2, 0.25) is 0 Å². The zero-order chi connectivity index (χ0) is 59.6. The lowest BCUT2D eigenvalue weighted by Crippen LogP contribution is -2.61. The third kappa shape index (κ3) is 8.34. The summed E-state index contributed by atoms with van der Waals surface area (Å²) in [5.74, 6) is 0. The fourth-order valence-electron chi connectivity index (χ4n) is 16.9. The van der Waals surface area contributed by atoms with Gasteiger partial charge < -0.3 is 9.80 Å². The van der Waals surface area contributed by atoms with Crippen LogP contribution in [0.15, 0.2) is 121 Å². The molecule has 0 radical (unpaired) electrons. The standard InChI is InChI=1S/C80H93BN2S/c1-72(2,3)50-25-30-68-55(41-50)69-71(84-68)83(52-27-29-57-59(43-52)76(10,11)34-32-74(57,6)7)67-40-49(54-45-61-60(77(12,13)35-36-78(61,14)15)44-53(54)48-23-21-20-22-24-48)39-66-70(67)81(69)64-46-62-63(80(18,19)38-37-79(62,16)17)47-65(64)82(66)51-26-28-56-58(42-51)75(8,9)33-31-73(56,4)5/h20-30,39-47H,31-38H2,1-19H3. The van der Waals surface area contributed by atoms with Crippen LogP contribution < -0.4 is 26.2 Å². The maximum Gasteiger partial charge on any atom is 0.254 e. The summed E-state index contributed by atoms with van der Waals surface area (Å²) in [7, 11) is 0. The van der Waals surface area contributed by atoms with Crippen molar-refractivity contribution in [2.45, 2.75) is 232 Å². The number of thiophene rings is 1. The number of fused-ring (bicyclic) bond motifs is 10. The van der Waals surface area contributed by atoms with Crippen LogP contribution in [-0.4, -0.2) is 6.71 Å². The second kappa shape index (κ2) is 17.9. The highest BCUT2D eigenvalue weighted by Gasteiger charge is 2.50. The first-order valence-electron chi connectivity index (χ1n) is 32.3. The predicted octanol–water partition coefficient (Wildman–Crippen LogP) is 21.0. The maximum absolute atomic E-state index is 2.80. The van der Waals surface area contributed by atoms with Crippen molar-refractivity contribution in [1.29, 1.82) is 0 Å². The van der Waals surface area contributed by atoms with E-state index in [1.54, 1.807) is 0 Å². The molecule has 2 aliphatic heterocycles. The van der Waals surface area contributed by atoms with E-state index in [0.717, 1.165) is 12.8 Å². The summed E-state index contributed by atoms with van der Waals surface area (Å²) in [6, 6.07) is 50.4. The van der Waals surface area contributed by atoms with Gasteiger partial charge in [0.05, 0.1) is 5.00 Å². The molecule has 6 aliphatic rings. The van der Waals surface area contributed by atoms with E-state index in [0.29, 0.717) is 0 Å². The van der Waals surface area contributed by atoms with Crippen molar-refractivity contribution in [3.63, 3.8) is 0 Å². The quantitative estimate of drug-likeness (QED) is 0.162. The average Bonchev–Trinajstić information content (AvgIpc) is 1.16. The lowest BCUT2D eigenvalue weighted by molar-refractivity contribution is 0.332. The molecule has 0 saturated heterocycles. The highest BCUT2D eigenvalue weighted by molar-refractivity contribution is 7.26. The molecule has 0 spiro atoms. The molecule has 8 aromatic rings. The van der Waals surface area contributed by atoms with Crippen molar-refractivity contribution in [2.24, 2.45) is 0 Å². The minimum Gasteiger partial charge on any atom is -0.311 e. The van der Waals surface area contributed by atoms with Crippen LogP contribution in [0.1, 0.15) is 233 Å². The molecule has 3 heterocycles. The summed E-state index contributed by atoms with van der Waals surface area (Å²) in [5.41, 5.74) is 29.7. The van der Waals surface area contributed by atoms with E-state index in [2.05, 4.69) is 263 Å². The van der Waals surface area contributed by atoms with Crippen LogP contribution >= 0.6 is 11.3 Å². The number of rotatable bonds is 4. The summed E-state index contributed by atoms with van der Waals surface area (Å²) in [4.78, 5) is 5.59. The van der Waals surface area contributed by atoms with Crippen LogP contribution in [0.25, 0.3) is 32.3 Å². The van der Waals surface area contributed by atoms with Gasteiger partial charge in [0.15, 0.2) is 0 Å². The van der Waals surface area contributed by atoms with Gasteiger partial charge in [-0.25, -0.2) is 0 Å². The number of anilines is 6. The van der Waals surface area contributed by atoms with Gasteiger partial charge in [0.1, 0.15) is 0 Å². The molecule has 0 atom stereocenters. The summed E-state index contributed by atoms with van der Waals surface area (Å²) < 4.78 is 1.36. The van der Waals surface area contributed by atoms with Gasteiger partial charge in [0.2, 0.25) is 0 Å². The Bertz CT molecular complexity index is 4090. The molecule has 7 aromatic carbocycles. The second-order valence-corrected chi connectivity index (χ2v) is 34.6. The third-order valence-corrected chi connectivity index (χ3v) is 24.3. The monoisotopic (exact) mass is 1120 g/mol. The Labute approximate surface area is 510 Å². The van der Waals surface area contributed by atoms with Gasteiger partial charge >= 0.3 is 0 Å². The number of hydrogen-bond donors (Lipinski definition) is 0. The molecule has 0 bridgehead atoms. The lowest BCUT2D eigenvalue weighted by Gasteiger charge is -2.48. The van der Waals surface area contributed by atoms with Gasteiger partial charge in [-0.1, -0.05) is 192 Å². The Morgan fingerprint density at radius 3 is 1.27 bits per heavy atom. The van der Waals surface area contributed by atoms with E-state index in [1.165, 1.54) is 171 Å². The van der Waals surface area contributed by atoms with Crippen molar-refractivity contribution >= 4 is 78.0 Å². The van der Waals surface area contributed by atoms with E-state index >= 15 is 0 Å². The Balaban J connectivity index is 1.18. The van der Waals surface area contributed by atoms with Gasteiger partial charge in [-0.15, -0.1) is 11.3 Å². The van der Waals surface area contributed by atoms with Crippen molar-refractivity contribution in [3.8, 4) is 22.3 Å². The normalized spacial score (nSPS) is 21.1. The lowest BCUT2D eigenvalue weighted by atomic mass is 9.33. The molecule has 1 aromatic heterocycles. The Morgan fingerprint density at radius 1 is 0.369 bits per heavy atom. The summed E-state index contributed by atoms with van der Waals surface area (Å²) in [6.07, 6.45) is 9.36. The van der Waals surface area contributed by atoms with Gasteiger partial charge in [-0.05, 0) is 255 Å². The van der Waals surface area contributed by atoms with Crippen LogP contribution in [0.5, 0.6) is 0 Å². The molecule has 0 saturated carbocycles. The van der Waals surface area contributed by atoms with E-state index in [1.807, 2.05) is 11.3 Å². The number of benzene rings is 7. The van der Waals surface area contributed by atoms with Gasteiger partial charge in [-0.3, -0.25) is 0 Å². The zero-order valence-electron chi connectivity index (χ0n) is 54.6. The highest BCUT2D eigenvalue weighted by atomic mass is 32.1. The highest BCUT2D eigenvalue weighted by Crippen LogP contribution is 2.57. The molecule has 0 unspecified atom stereocenters. The Hall–Kier alpha value is -5.84. The maximum atomic E-state index is 2.80. The molecule has 2 nitrogen and oxygen atoms in total. The Kier molecular flexibility index (Phi) is 11.9. The second-order valence-electron chi connectivity index (χ2n) is 33.6. The first-order chi connectivity index (χ1) is 39.2. The van der Waals surface area contributed by atoms with Gasteiger partial charge in [0.25, 0.3) is 6.71 Å². The molecule has 4 aliphatic carbocycles. The van der Waals surface area contributed by atoms with Crippen LogP contribution in [0, 0.1) is 0 Å². The molecule has 0 amide bonds. The summed E-state index contributed by atoms with van der Waals surface area (Å²) >= 11 is 2.02. The van der Waals surface area contributed by atoms with E-state index < -0.39 is 0 Å². The molecule has 432 valence electrons. The number of nitrogens with zero attached hydrogens (tertiary/aromatic N) is 2. The number of hydrogen-bond acceptors (Lipinski definition) is 3.